The van der Waals surface area contributed by atoms with Crippen LogP contribution in [0, 0.1) is 28.9 Å². The largest absolute Gasteiger partial charge is 0.338 e. The van der Waals surface area contributed by atoms with Crippen molar-refractivity contribution in [2.24, 2.45) is 11.8 Å². The van der Waals surface area contributed by atoms with Crippen molar-refractivity contribution in [1.82, 2.24) is 9.88 Å². The van der Waals surface area contributed by atoms with Gasteiger partial charge in [-0.25, -0.2) is 4.98 Å². The fraction of sp³-hybridized carbons (Fsp3) is 0.444. The Bertz CT molecular complexity index is 827. The standard InChI is InChI=1S/C18H21N3O3S2/c1-11-6-12(2)9-20(8-11)17(22)14-4-5-16(15(7-14)21(23)24)26-18-19-13(3)10-25-18/h4-5,7,10-12H,6,8-9H2,1-3H3. The zero-order valence-corrected chi connectivity index (χ0v) is 16.6. The Morgan fingerprint density at radius 2 is 2.04 bits per heavy atom. The van der Waals surface area contributed by atoms with Crippen LogP contribution in [-0.2, 0) is 0 Å². The van der Waals surface area contributed by atoms with Gasteiger partial charge >= 0.3 is 0 Å². The molecule has 1 amide bonds. The number of nitro benzene ring substituents is 1. The van der Waals surface area contributed by atoms with E-state index in [9.17, 15) is 14.9 Å². The van der Waals surface area contributed by atoms with Gasteiger partial charge in [-0.3, -0.25) is 14.9 Å². The minimum absolute atomic E-state index is 0.0493. The fourth-order valence-corrected chi connectivity index (χ4v) is 5.24. The van der Waals surface area contributed by atoms with E-state index in [1.807, 2.05) is 17.2 Å². The minimum atomic E-state index is -0.430. The highest BCUT2D eigenvalue weighted by Crippen LogP contribution is 2.37. The lowest BCUT2D eigenvalue weighted by atomic mass is 9.91. The van der Waals surface area contributed by atoms with E-state index in [4.69, 9.17) is 0 Å². The van der Waals surface area contributed by atoms with Crippen LogP contribution in [0.3, 0.4) is 0 Å². The predicted octanol–water partition coefficient (Wildman–Crippen LogP) is 4.63. The number of rotatable bonds is 4. The zero-order valence-electron chi connectivity index (χ0n) is 15.0. The van der Waals surface area contributed by atoms with Gasteiger partial charge in [0.25, 0.3) is 11.6 Å². The molecule has 0 N–H and O–H groups in total. The highest BCUT2D eigenvalue weighted by atomic mass is 32.2. The van der Waals surface area contributed by atoms with Crippen molar-refractivity contribution >= 4 is 34.7 Å². The van der Waals surface area contributed by atoms with Crippen LogP contribution in [0.2, 0.25) is 0 Å². The second-order valence-electron chi connectivity index (χ2n) is 6.95. The third-order valence-electron chi connectivity index (χ3n) is 4.35. The van der Waals surface area contributed by atoms with E-state index in [1.54, 1.807) is 12.1 Å². The number of hydrogen-bond donors (Lipinski definition) is 0. The van der Waals surface area contributed by atoms with E-state index < -0.39 is 4.92 Å². The summed E-state index contributed by atoms with van der Waals surface area (Å²) in [5.74, 6) is 0.759. The summed E-state index contributed by atoms with van der Waals surface area (Å²) in [6.07, 6.45) is 1.10. The van der Waals surface area contributed by atoms with Crippen LogP contribution in [0.25, 0.3) is 0 Å². The maximum atomic E-state index is 12.8. The first-order valence-electron chi connectivity index (χ1n) is 8.51. The SMILES string of the molecule is Cc1csc(Sc2ccc(C(=O)N3CC(C)CC(C)C3)cc2[N+](=O)[O-])n1. The molecule has 138 valence electrons. The summed E-state index contributed by atoms with van der Waals surface area (Å²) < 4.78 is 0.753. The number of aromatic nitrogens is 1. The Labute approximate surface area is 160 Å². The molecule has 2 atom stereocenters. The van der Waals surface area contributed by atoms with Crippen molar-refractivity contribution in [1.29, 1.82) is 0 Å². The molecule has 0 bridgehead atoms. The number of aryl methyl sites for hydroxylation is 1. The molecule has 0 saturated carbocycles. The van der Waals surface area contributed by atoms with Crippen LogP contribution in [0.5, 0.6) is 0 Å². The van der Waals surface area contributed by atoms with E-state index in [2.05, 4.69) is 18.8 Å². The molecule has 3 rings (SSSR count). The van der Waals surface area contributed by atoms with E-state index in [0.29, 0.717) is 35.4 Å². The van der Waals surface area contributed by atoms with Gasteiger partial charge in [-0.1, -0.05) is 25.6 Å². The molecule has 0 radical (unpaired) electrons. The first-order valence-corrected chi connectivity index (χ1v) is 10.2. The maximum absolute atomic E-state index is 12.8. The van der Waals surface area contributed by atoms with E-state index >= 15 is 0 Å². The molecule has 2 aromatic rings. The lowest BCUT2D eigenvalue weighted by molar-refractivity contribution is -0.387. The molecule has 8 heteroatoms. The maximum Gasteiger partial charge on any atom is 0.284 e. The summed E-state index contributed by atoms with van der Waals surface area (Å²) >= 11 is 2.71. The number of benzene rings is 1. The van der Waals surface area contributed by atoms with Gasteiger partial charge in [-0.2, -0.15) is 0 Å². The summed E-state index contributed by atoms with van der Waals surface area (Å²) in [4.78, 5) is 30.6. The third kappa shape index (κ3) is 4.24. The number of carbonyl (C=O) groups is 1. The molecule has 6 nitrogen and oxygen atoms in total. The van der Waals surface area contributed by atoms with Crippen molar-refractivity contribution in [3.8, 4) is 0 Å². The number of piperidine rings is 1. The lowest BCUT2D eigenvalue weighted by Crippen LogP contribution is -2.42. The Morgan fingerprint density at radius 1 is 1.35 bits per heavy atom. The van der Waals surface area contributed by atoms with Gasteiger partial charge in [0.05, 0.1) is 9.82 Å². The molecule has 1 aliphatic heterocycles. The topological polar surface area (TPSA) is 76.3 Å². The van der Waals surface area contributed by atoms with Gasteiger partial charge in [-0.15, -0.1) is 11.3 Å². The molecule has 0 spiro atoms. The predicted molar refractivity (Wildman–Crippen MR) is 103 cm³/mol. The number of amides is 1. The zero-order chi connectivity index (χ0) is 18.8. The summed E-state index contributed by atoms with van der Waals surface area (Å²) in [6, 6.07) is 4.74. The monoisotopic (exact) mass is 391 g/mol. The fourth-order valence-electron chi connectivity index (χ4n) is 3.36. The number of nitro groups is 1. The van der Waals surface area contributed by atoms with E-state index in [0.717, 1.165) is 16.5 Å². The highest BCUT2D eigenvalue weighted by Gasteiger charge is 2.28. The van der Waals surface area contributed by atoms with Crippen LogP contribution < -0.4 is 0 Å². The molecule has 1 saturated heterocycles. The second-order valence-corrected chi connectivity index (χ2v) is 9.10. The molecular formula is C18H21N3O3S2. The van der Waals surface area contributed by atoms with Crippen LogP contribution >= 0.6 is 23.1 Å². The smallest absolute Gasteiger partial charge is 0.284 e. The summed E-state index contributed by atoms with van der Waals surface area (Å²) in [5, 5.41) is 13.4. The molecule has 26 heavy (non-hydrogen) atoms. The summed E-state index contributed by atoms with van der Waals surface area (Å²) in [7, 11) is 0. The van der Waals surface area contributed by atoms with Crippen molar-refractivity contribution < 1.29 is 9.72 Å². The molecule has 1 fully saturated rings. The molecule has 1 aromatic heterocycles. The van der Waals surface area contributed by atoms with Crippen LogP contribution in [-0.4, -0.2) is 33.8 Å². The molecule has 0 aliphatic carbocycles. The van der Waals surface area contributed by atoms with E-state index in [-0.39, 0.29) is 11.6 Å². The van der Waals surface area contributed by atoms with Gasteiger partial charge in [0.1, 0.15) is 0 Å². The average Bonchev–Trinajstić information content (AvgIpc) is 2.98. The molecule has 2 unspecified atom stereocenters. The number of thiazole rings is 1. The third-order valence-corrected chi connectivity index (χ3v) is 6.48. The number of nitrogens with zero attached hydrogens (tertiary/aromatic N) is 3. The van der Waals surface area contributed by atoms with E-state index in [1.165, 1.54) is 29.2 Å². The Hall–Kier alpha value is -1.93. The van der Waals surface area contributed by atoms with Crippen molar-refractivity contribution in [3.05, 3.63) is 45.0 Å². The first kappa shape index (κ1) is 18.8. The van der Waals surface area contributed by atoms with Crippen LogP contribution in [0.4, 0.5) is 5.69 Å². The Balaban J connectivity index is 1.86. The van der Waals surface area contributed by atoms with Crippen molar-refractivity contribution in [2.75, 3.05) is 13.1 Å². The van der Waals surface area contributed by atoms with Crippen molar-refractivity contribution in [2.45, 2.75) is 36.4 Å². The normalized spacial score (nSPS) is 20.2. The van der Waals surface area contributed by atoms with Crippen molar-refractivity contribution in [3.63, 3.8) is 0 Å². The van der Waals surface area contributed by atoms with Gasteiger partial charge in [0, 0.05) is 35.8 Å². The first-order chi connectivity index (χ1) is 12.3. The quantitative estimate of drug-likeness (QED) is 0.561. The molecule has 1 aliphatic rings. The van der Waals surface area contributed by atoms with Crippen LogP contribution in [0.15, 0.2) is 32.8 Å². The molecule has 1 aromatic carbocycles. The number of carbonyl (C=O) groups excluding carboxylic acids is 1. The number of hydrogen-bond acceptors (Lipinski definition) is 6. The Kier molecular flexibility index (Phi) is 5.62. The van der Waals surface area contributed by atoms with Gasteiger partial charge in [0.2, 0.25) is 0 Å². The van der Waals surface area contributed by atoms with Gasteiger partial charge < -0.3 is 4.90 Å². The number of likely N-dealkylation sites (tertiary alicyclic amines) is 1. The summed E-state index contributed by atoms with van der Waals surface area (Å²) in [6.45, 7) is 7.55. The van der Waals surface area contributed by atoms with Crippen LogP contribution in [0.1, 0.15) is 36.3 Å². The second kappa shape index (κ2) is 7.75. The lowest BCUT2D eigenvalue weighted by Gasteiger charge is -2.35. The minimum Gasteiger partial charge on any atom is -0.338 e. The van der Waals surface area contributed by atoms with Gasteiger partial charge in [-0.05, 0) is 37.3 Å². The average molecular weight is 392 g/mol. The highest BCUT2D eigenvalue weighted by molar-refractivity contribution is 8.01. The summed E-state index contributed by atoms with van der Waals surface area (Å²) in [5.41, 5.74) is 1.21. The molecular weight excluding hydrogens is 370 g/mol. The van der Waals surface area contributed by atoms with Gasteiger partial charge in [0.15, 0.2) is 4.34 Å². The Morgan fingerprint density at radius 3 is 2.62 bits per heavy atom. The molecule has 2 heterocycles.